The highest BCUT2D eigenvalue weighted by molar-refractivity contribution is 9.11. The average Bonchev–Trinajstić information content (AvgIpc) is 2.72. The van der Waals surface area contributed by atoms with Crippen molar-refractivity contribution in [1.29, 1.82) is 0 Å². The fourth-order valence-electron chi connectivity index (χ4n) is 1.38. The zero-order chi connectivity index (χ0) is 12.4. The van der Waals surface area contributed by atoms with Gasteiger partial charge in [-0.15, -0.1) is 11.3 Å². The highest BCUT2D eigenvalue weighted by Crippen LogP contribution is 2.26. The van der Waals surface area contributed by atoms with E-state index in [1.165, 1.54) is 11.3 Å². The van der Waals surface area contributed by atoms with E-state index in [4.69, 9.17) is 0 Å². The number of phenolic OH excluding ortho intramolecular Hbond substituents is 1. The zero-order valence-corrected chi connectivity index (χ0v) is 11.4. The molecule has 1 heterocycles. The number of hydrogen-bond acceptors (Lipinski definition) is 3. The first-order valence-corrected chi connectivity index (χ1v) is 6.54. The largest absolute Gasteiger partial charge is 0.508 e. The molecule has 2 N–H and O–H groups in total. The lowest BCUT2D eigenvalue weighted by molar-refractivity contribution is 0.103. The van der Waals surface area contributed by atoms with Crippen LogP contribution in [0.3, 0.4) is 0 Å². The van der Waals surface area contributed by atoms with Crippen molar-refractivity contribution in [1.82, 2.24) is 0 Å². The third kappa shape index (κ3) is 2.68. The molecule has 2 aromatic rings. The third-order valence-corrected chi connectivity index (χ3v) is 3.97. The standard InChI is InChI=1S/C12H10BrNO2S/c1-7-8(3-2-4-9(7)15)14-12(16)10-5-6-11(13)17-10/h2-6,15H,1H3,(H,14,16). The molecular formula is C12H10BrNO2S. The number of aromatic hydroxyl groups is 1. The predicted octanol–water partition coefficient (Wildman–Crippen LogP) is 3.78. The highest BCUT2D eigenvalue weighted by atomic mass is 79.9. The Bertz CT molecular complexity index is 565. The second kappa shape index (κ2) is 4.89. The van der Waals surface area contributed by atoms with Gasteiger partial charge in [0, 0.05) is 11.3 Å². The Labute approximate surface area is 111 Å². The molecular weight excluding hydrogens is 302 g/mol. The molecule has 1 amide bonds. The van der Waals surface area contributed by atoms with Crippen LogP contribution in [0, 0.1) is 6.92 Å². The Hall–Kier alpha value is -1.33. The Morgan fingerprint density at radius 2 is 2.12 bits per heavy atom. The summed E-state index contributed by atoms with van der Waals surface area (Å²) in [6.07, 6.45) is 0. The van der Waals surface area contributed by atoms with Gasteiger partial charge in [0.2, 0.25) is 0 Å². The van der Waals surface area contributed by atoms with E-state index in [1.54, 1.807) is 31.2 Å². The molecule has 5 heteroatoms. The van der Waals surface area contributed by atoms with Crippen molar-refractivity contribution in [2.45, 2.75) is 6.92 Å². The van der Waals surface area contributed by atoms with Crippen LogP contribution in [0.2, 0.25) is 0 Å². The van der Waals surface area contributed by atoms with E-state index in [1.807, 2.05) is 6.07 Å². The second-order valence-electron chi connectivity index (χ2n) is 3.51. The lowest BCUT2D eigenvalue weighted by atomic mass is 10.2. The monoisotopic (exact) mass is 311 g/mol. The zero-order valence-electron chi connectivity index (χ0n) is 9.03. The molecule has 0 aliphatic carbocycles. The predicted molar refractivity (Wildman–Crippen MR) is 72.8 cm³/mol. The number of anilines is 1. The van der Waals surface area contributed by atoms with E-state index >= 15 is 0 Å². The Morgan fingerprint density at radius 3 is 2.76 bits per heavy atom. The van der Waals surface area contributed by atoms with Gasteiger partial charge < -0.3 is 10.4 Å². The van der Waals surface area contributed by atoms with Crippen molar-refractivity contribution in [3.8, 4) is 5.75 Å². The maximum atomic E-state index is 11.9. The molecule has 0 bridgehead atoms. The van der Waals surface area contributed by atoms with Gasteiger partial charge >= 0.3 is 0 Å². The number of nitrogens with one attached hydrogen (secondary N) is 1. The van der Waals surface area contributed by atoms with Gasteiger partial charge in [-0.3, -0.25) is 4.79 Å². The molecule has 1 aromatic heterocycles. The second-order valence-corrected chi connectivity index (χ2v) is 5.97. The quantitative estimate of drug-likeness (QED) is 0.886. The summed E-state index contributed by atoms with van der Waals surface area (Å²) in [7, 11) is 0. The van der Waals surface area contributed by atoms with Crippen LogP contribution in [0.15, 0.2) is 34.1 Å². The van der Waals surface area contributed by atoms with Gasteiger partial charge in [0.1, 0.15) is 5.75 Å². The summed E-state index contributed by atoms with van der Waals surface area (Å²) < 4.78 is 0.912. The van der Waals surface area contributed by atoms with Crippen molar-refractivity contribution in [3.63, 3.8) is 0 Å². The lowest BCUT2D eigenvalue weighted by Crippen LogP contribution is -2.10. The van der Waals surface area contributed by atoms with E-state index < -0.39 is 0 Å². The van der Waals surface area contributed by atoms with Gasteiger partial charge in [-0.05, 0) is 47.1 Å². The molecule has 0 saturated heterocycles. The van der Waals surface area contributed by atoms with E-state index in [-0.39, 0.29) is 11.7 Å². The van der Waals surface area contributed by atoms with E-state index in [0.29, 0.717) is 16.1 Å². The maximum absolute atomic E-state index is 11.9. The molecule has 0 aliphatic heterocycles. The van der Waals surface area contributed by atoms with E-state index in [0.717, 1.165) is 3.79 Å². The van der Waals surface area contributed by atoms with Gasteiger partial charge in [-0.2, -0.15) is 0 Å². The minimum Gasteiger partial charge on any atom is -0.508 e. The minimum absolute atomic E-state index is 0.172. The number of halogens is 1. The average molecular weight is 312 g/mol. The number of rotatable bonds is 2. The lowest BCUT2D eigenvalue weighted by Gasteiger charge is -2.08. The summed E-state index contributed by atoms with van der Waals surface area (Å²) in [5.74, 6) is 0.00422. The first-order valence-electron chi connectivity index (χ1n) is 4.93. The molecule has 88 valence electrons. The number of carbonyl (C=O) groups is 1. The summed E-state index contributed by atoms with van der Waals surface area (Å²) in [6, 6.07) is 8.63. The topological polar surface area (TPSA) is 49.3 Å². The molecule has 0 radical (unpaired) electrons. The van der Waals surface area contributed by atoms with Gasteiger partial charge in [-0.25, -0.2) is 0 Å². The van der Waals surface area contributed by atoms with Crippen molar-refractivity contribution >= 4 is 38.9 Å². The van der Waals surface area contributed by atoms with E-state index in [9.17, 15) is 9.90 Å². The van der Waals surface area contributed by atoms with Crippen LogP contribution in [0.25, 0.3) is 0 Å². The maximum Gasteiger partial charge on any atom is 0.265 e. The molecule has 3 nitrogen and oxygen atoms in total. The highest BCUT2D eigenvalue weighted by Gasteiger charge is 2.11. The number of benzene rings is 1. The summed E-state index contributed by atoms with van der Waals surface area (Å²) in [5.41, 5.74) is 1.29. The summed E-state index contributed by atoms with van der Waals surface area (Å²) in [4.78, 5) is 12.5. The van der Waals surface area contributed by atoms with Crippen LogP contribution in [0.1, 0.15) is 15.2 Å². The SMILES string of the molecule is Cc1c(O)cccc1NC(=O)c1ccc(Br)s1. The third-order valence-electron chi connectivity index (χ3n) is 2.35. The molecule has 17 heavy (non-hydrogen) atoms. The van der Waals surface area contributed by atoms with Crippen molar-refractivity contribution in [3.05, 3.63) is 44.6 Å². The van der Waals surface area contributed by atoms with Gasteiger partial charge in [0.15, 0.2) is 0 Å². The molecule has 0 unspecified atom stereocenters. The number of hydrogen-bond donors (Lipinski definition) is 2. The van der Waals surface area contributed by atoms with Crippen molar-refractivity contribution < 1.29 is 9.90 Å². The summed E-state index contributed by atoms with van der Waals surface area (Å²) in [5, 5.41) is 12.3. The fourth-order valence-corrected chi connectivity index (χ4v) is 2.66. The van der Waals surface area contributed by atoms with Crippen molar-refractivity contribution in [2.75, 3.05) is 5.32 Å². The normalized spacial score (nSPS) is 10.2. The Balaban J connectivity index is 2.21. The number of amides is 1. The van der Waals surface area contributed by atoms with Crippen LogP contribution < -0.4 is 5.32 Å². The molecule has 0 atom stereocenters. The van der Waals surface area contributed by atoms with Crippen LogP contribution in [0.5, 0.6) is 5.75 Å². The van der Waals surface area contributed by atoms with Gasteiger partial charge in [0.25, 0.3) is 5.91 Å². The first-order chi connectivity index (χ1) is 8.08. The first kappa shape index (κ1) is 12.1. The summed E-state index contributed by atoms with van der Waals surface area (Å²) in [6.45, 7) is 1.76. The van der Waals surface area contributed by atoms with Crippen LogP contribution in [-0.2, 0) is 0 Å². The number of thiophene rings is 1. The fraction of sp³-hybridized carbons (Fsp3) is 0.0833. The van der Waals surface area contributed by atoms with Crippen LogP contribution in [0.4, 0.5) is 5.69 Å². The van der Waals surface area contributed by atoms with Crippen LogP contribution >= 0.6 is 27.3 Å². The Morgan fingerprint density at radius 1 is 1.35 bits per heavy atom. The van der Waals surface area contributed by atoms with Crippen LogP contribution in [-0.4, -0.2) is 11.0 Å². The molecule has 0 aliphatic rings. The van der Waals surface area contributed by atoms with Gasteiger partial charge in [-0.1, -0.05) is 6.07 Å². The van der Waals surface area contributed by atoms with E-state index in [2.05, 4.69) is 21.2 Å². The molecule has 0 spiro atoms. The number of carbonyl (C=O) groups excluding carboxylic acids is 1. The van der Waals surface area contributed by atoms with Gasteiger partial charge in [0.05, 0.1) is 8.66 Å². The minimum atomic E-state index is -0.172. The molecule has 0 saturated carbocycles. The number of phenols is 1. The molecule has 0 fully saturated rings. The Kier molecular flexibility index (Phi) is 3.49. The summed E-state index contributed by atoms with van der Waals surface area (Å²) >= 11 is 4.68. The molecule has 1 aromatic carbocycles. The van der Waals surface area contributed by atoms with Crippen molar-refractivity contribution in [2.24, 2.45) is 0 Å². The smallest absolute Gasteiger partial charge is 0.265 e. The molecule has 2 rings (SSSR count).